The van der Waals surface area contributed by atoms with Crippen LogP contribution in [0, 0.1) is 0 Å². The third-order valence-corrected chi connectivity index (χ3v) is 5.81. The second kappa shape index (κ2) is 15.0. The Labute approximate surface area is 205 Å². The van der Waals surface area contributed by atoms with Crippen LogP contribution in [0.1, 0.15) is 61.9 Å². The van der Waals surface area contributed by atoms with Crippen molar-refractivity contribution in [2.45, 2.75) is 45.2 Å². The monoisotopic (exact) mass is 460 g/mol. The predicted octanol–water partition coefficient (Wildman–Crippen LogP) is 6.10. The summed E-state index contributed by atoms with van der Waals surface area (Å²) in [6, 6.07) is 30.6. The molecule has 0 radical (unpaired) electrons. The molecule has 4 heteroatoms. The molecule has 182 valence electrons. The van der Waals surface area contributed by atoms with Gasteiger partial charge in [-0.15, -0.1) is 0 Å². The van der Waals surface area contributed by atoms with Crippen molar-refractivity contribution in [2.24, 2.45) is 0 Å². The van der Waals surface area contributed by atoms with E-state index in [0.717, 1.165) is 31.3 Å². The van der Waals surface area contributed by atoms with Gasteiger partial charge in [0.15, 0.2) is 0 Å². The molecule has 0 unspecified atom stereocenters. The van der Waals surface area contributed by atoms with Crippen molar-refractivity contribution in [3.8, 4) is 0 Å². The van der Waals surface area contributed by atoms with Crippen molar-refractivity contribution in [1.29, 1.82) is 0 Å². The number of benzene rings is 3. The van der Waals surface area contributed by atoms with Gasteiger partial charge in [0.1, 0.15) is 6.17 Å². The molecule has 4 rings (SSSR count). The maximum Gasteiger partial charge on any atom is 0.235 e. The van der Waals surface area contributed by atoms with Crippen molar-refractivity contribution in [3.05, 3.63) is 108 Å². The van der Waals surface area contributed by atoms with Gasteiger partial charge in [-0.1, -0.05) is 111 Å². The fourth-order valence-electron chi connectivity index (χ4n) is 4.38. The molecule has 0 bridgehead atoms. The number of carbonyl (C=O) groups is 1. The number of nitrogens with zero attached hydrogens (tertiary/aromatic N) is 2. The Balaban J connectivity index is 0.000000758. The third-order valence-electron chi connectivity index (χ3n) is 5.81. The Kier molecular flexibility index (Phi) is 12.1. The molecule has 3 aromatic rings. The van der Waals surface area contributed by atoms with E-state index in [1.54, 1.807) is 0 Å². The van der Waals surface area contributed by atoms with Gasteiger partial charge in [0.05, 0.1) is 5.92 Å². The Morgan fingerprint density at radius 3 is 1.50 bits per heavy atom. The molecule has 1 aliphatic heterocycles. The van der Waals surface area contributed by atoms with Crippen LogP contribution < -0.4 is 0 Å². The summed E-state index contributed by atoms with van der Waals surface area (Å²) in [6.07, 6.45) is 3.58. The summed E-state index contributed by atoms with van der Waals surface area (Å²) in [5, 5.41) is 7.00. The topological polar surface area (TPSA) is 43.8 Å². The van der Waals surface area contributed by atoms with Gasteiger partial charge < -0.3 is 10.0 Å². The SMILES string of the molecule is CCC.CN(C(=O)C(c1ccccc1)c1ccccc1)[C@@H](c1ccccc1)N1CCCC1.CO. The minimum absolute atomic E-state index is 0.0406. The molecule has 0 saturated carbocycles. The summed E-state index contributed by atoms with van der Waals surface area (Å²) in [4.78, 5) is 18.3. The van der Waals surface area contributed by atoms with Gasteiger partial charge in [-0.3, -0.25) is 9.69 Å². The first-order valence-corrected chi connectivity index (χ1v) is 12.3. The first-order chi connectivity index (χ1) is 16.7. The van der Waals surface area contributed by atoms with Crippen LogP contribution in [-0.4, -0.2) is 48.1 Å². The lowest BCUT2D eigenvalue weighted by atomic mass is 9.89. The van der Waals surface area contributed by atoms with Crippen LogP contribution in [0.5, 0.6) is 0 Å². The van der Waals surface area contributed by atoms with E-state index >= 15 is 0 Å². The molecule has 1 N–H and O–H groups in total. The first-order valence-electron chi connectivity index (χ1n) is 12.3. The highest BCUT2D eigenvalue weighted by Crippen LogP contribution is 2.33. The van der Waals surface area contributed by atoms with E-state index in [0.29, 0.717) is 0 Å². The first kappa shape index (κ1) is 27.3. The van der Waals surface area contributed by atoms with Gasteiger partial charge in [-0.25, -0.2) is 0 Å². The van der Waals surface area contributed by atoms with Crippen LogP contribution in [0.25, 0.3) is 0 Å². The molecule has 1 heterocycles. The fraction of sp³-hybridized carbons (Fsp3) is 0.367. The Morgan fingerprint density at radius 1 is 0.765 bits per heavy atom. The maximum atomic E-state index is 13.9. The van der Waals surface area contributed by atoms with Crippen LogP contribution in [0.3, 0.4) is 0 Å². The molecule has 34 heavy (non-hydrogen) atoms. The standard InChI is InChI=1S/C26H28N2O.C3H8.CH4O/c1-27(25(28-19-11-12-20-28)23-17-9-4-10-18-23)26(29)24(21-13-5-2-6-14-21)22-15-7-3-8-16-22;1-3-2;1-2/h2-10,13-18,24-25H,11-12,19-20H2,1H3;3H2,1-2H3;2H,1H3/t25-;;/m1../s1. The second-order valence-electron chi connectivity index (χ2n) is 8.44. The number of carbonyl (C=O) groups excluding carboxylic acids is 1. The van der Waals surface area contributed by atoms with Crippen LogP contribution in [0.4, 0.5) is 0 Å². The van der Waals surface area contributed by atoms with E-state index in [2.05, 4.69) is 67.3 Å². The molecule has 0 aromatic heterocycles. The van der Waals surface area contributed by atoms with Gasteiger partial charge in [0.25, 0.3) is 0 Å². The number of rotatable bonds is 6. The number of aliphatic hydroxyl groups is 1. The molecular weight excluding hydrogens is 420 g/mol. The summed E-state index contributed by atoms with van der Waals surface area (Å²) < 4.78 is 0. The number of hydrogen-bond acceptors (Lipinski definition) is 3. The van der Waals surface area contributed by atoms with Gasteiger partial charge in [0.2, 0.25) is 5.91 Å². The second-order valence-corrected chi connectivity index (χ2v) is 8.44. The molecule has 1 saturated heterocycles. The van der Waals surface area contributed by atoms with Gasteiger partial charge in [-0.05, 0) is 29.5 Å². The number of amides is 1. The van der Waals surface area contributed by atoms with Crippen LogP contribution in [-0.2, 0) is 4.79 Å². The van der Waals surface area contributed by atoms with Crippen LogP contribution in [0.15, 0.2) is 91.0 Å². The van der Waals surface area contributed by atoms with Gasteiger partial charge in [-0.2, -0.15) is 0 Å². The van der Waals surface area contributed by atoms with E-state index < -0.39 is 0 Å². The smallest absolute Gasteiger partial charge is 0.235 e. The molecule has 3 aromatic carbocycles. The minimum Gasteiger partial charge on any atom is -0.400 e. The van der Waals surface area contributed by atoms with Crippen molar-refractivity contribution < 1.29 is 9.90 Å². The highest BCUT2D eigenvalue weighted by Gasteiger charge is 2.34. The molecule has 0 aliphatic carbocycles. The quantitative estimate of drug-likeness (QED) is 0.484. The van der Waals surface area contributed by atoms with Crippen LogP contribution in [0.2, 0.25) is 0 Å². The van der Waals surface area contributed by atoms with E-state index in [-0.39, 0.29) is 18.0 Å². The molecule has 1 atom stereocenters. The summed E-state index contributed by atoms with van der Waals surface area (Å²) in [5.41, 5.74) is 3.23. The molecule has 1 amide bonds. The number of likely N-dealkylation sites (N-methyl/N-ethyl adjacent to an activating group) is 1. The normalized spacial score (nSPS) is 13.8. The van der Waals surface area contributed by atoms with Gasteiger partial charge >= 0.3 is 0 Å². The lowest BCUT2D eigenvalue weighted by Gasteiger charge is -2.37. The summed E-state index contributed by atoms with van der Waals surface area (Å²) in [6.45, 7) is 6.30. The Bertz CT molecular complexity index is 886. The summed E-state index contributed by atoms with van der Waals surface area (Å²) in [7, 11) is 2.96. The number of hydrogen-bond donors (Lipinski definition) is 1. The molecule has 4 nitrogen and oxygen atoms in total. The zero-order valence-corrected chi connectivity index (χ0v) is 21.1. The number of likely N-dealkylation sites (tertiary alicyclic amines) is 1. The third kappa shape index (κ3) is 7.28. The minimum atomic E-state index is -0.309. The highest BCUT2D eigenvalue weighted by molar-refractivity contribution is 5.87. The van der Waals surface area contributed by atoms with Crippen molar-refractivity contribution in [2.75, 3.05) is 27.2 Å². The predicted molar refractivity (Wildman–Crippen MR) is 142 cm³/mol. The van der Waals surface area contributed by atoms with Crippen molar-refractivity contribution in [1.82, 2.24) is 9.80 Å². The number of aliphatic hydroxyl groups excluding tert-OH is 1. The fourth-order valence-corrected chi connectivity index (χ4v) is 4.38. The molecule has 1 aliphatic rings. The van der Waals surface area contributed by atoms with Crippen LogP contribution >= 0.6 is 0 Å². The average molecular weight is 461 g/mol. The molecule has 1 fully saturated rings. The lowest BCUT2D eigenvalue weighted by molar-refractivity contribution is -0.136. The Hall–Kier alpha value is -2.95. The van der Waals surface area contributed by atoms with Gasteiger partial charge in [0, 0.05) is 27.2 Å². The average Bonchev–Trinajstić information content (AvgIpc) is 3.42. The lowest BCUT2D eigenvalue weighted by Crippen LogP contribution is -2.43. The highest BCUT2D eigenvalue weighted by atomic mass is 16.2. The zero-order valence-electron chi connectivity index (χ0n) is 21.1. The van der Waals surface area contributed by atoms with Crippen molar-refractivity contribution in [3.63, 3.8) is 0 Å². The zero-order chi connectivity index (χ0) is 24.8. The largest absolute Gasteiger partial charge is 0.400 e. The van der Waals surface area contributed by atoms with E-state index in [1.165, 1.54) is 24.8 Å². The van der Waals surface area contributed by atoms with E-state index in [9.17, 15) is 4.79 Å². The summed E-state index contributed by atoms with van der Waals surface area (Å²) >= 11 is 0. The molecule has 0 spiro atoms. The van der Waals surface area contributed by atoms with E-state index in [1.807, 2.05) is 54.4 Å². The van der Waals surface area contributed by atoms with E-state index in [4.69, 9.17) is 5.11 Å². The maximum absolute atomic E-state index is 13.9. The Morgan fingerprint density at radius 2 is 1.12 bits per heavy atom. The van der Waals surface area contributed by atoms with Crippen molar-refractivity contribution >= 4 is 5.91 Å². The summed E-state index contributed by atoms with van der Waals surface area (Å²) in [5.74, 6) is -0.181. The molecular formula is C30H40N2O2.